The highest BCUT2D eigenvalue weighted by molar-refractivity contribution is 5.24. The fourth-order valence-electron chi connectivity index (χ4n) is 4.13. The van der Waals surface area contributed by atoms with Gasteiger partial charge < -0.3 is 5.73 Å². The van der Waals surface area contributed by atoms with Gasteiger partial charge in [0.2, 0.25) is 0 Å². The highest BCUT2D eigenvalue weighted by Crippen LogP contribution is 2.35. The third kappa shape index (κ3) is 3.07. The van der Waals surface area contributed by atoms with Crippen LogP contribution in [0, 0.1) is 12.8 Å². The average molecular weight is 272 g/mol. The van der Waals surface area contributed by atoms with E-state index in [0.717, 1.165) is 18.5 Å². The molecule has 1 aromatic carbocycles. The molecule has 1 aromatic rings. The number of piperidine rings is 1. The Morgan fingerprint density at radius 1 is 1.10 bits per heavy atom. The summed E-state index contributed by atoms with van der Waals surface area (Å²) in [5, 5.41) is 0. The van der Waals surface area contributed by atoms with Crippen molar-refractivity contribution in [3.63, 3.8) is 0 Å². The van der Waals surface area contributed by atoms with Crippen LogP contribution in [0.2, 0.25) is 0 Å². The van der Waals surface area contributed by atoms with Crippen LogP contribution >= 0.6 is 0 Å². The number of likely N-dealkylation sites (tertiary alicyclic amines) is 1. The second-order valence-corrected chi connectivity index (χ2v) is 6.77. The summed E-state index contributed by atoms with van der Waals surface area (Å²) in [6.07, 6.45) is 8.51. The molecule has 1 heterocycles. The molecule has 0 radical (unpaired) electrons. The first kappa shape index (κ1) is 14.1. The maximum Gasteiger partial charge on any atom is 0.0424 e. The van der Waals surface area contributed by atoms with Crippen molar-refractivity contribution in [2.45, 2.75) is 57.5 Å². The maximum absolute atomic E-state index is 6.46. The number of rotatable bonds is 3. The van der Waals surface area contributed by atoms with E-state index in [-0.39, 0.29) is 6.04 Å². The molecule has 110 valence electrons. The van der Waals surface area contributed by atoms with Gasteiger partial charge in [-0.1, -0.05) is 42.7 Å². The van der Waals surface area contributed by atoms with E-state index >= 15 is 0 Å². The minimum atomic E-state index is 0.163. The topological polar surface area (TPSA) is 29.3 Å². The fraction of sp³-hybridized carbons (Fsp3) is 0.667. The first-order valence-electron chi connectivity index (χ1n) is 8.30. The fourth-order valence-corrected chi connectivity index (χ4v) is 4.13. The zero-order valence-corrected chi connectivity index (χ0v) is 12.7. The van der Waals surface area contributed by atoms with Crippen LogP contribution in [0.25, 0.3) is 0 Å². The molecule has 3 atom stereocenters. The SMILES string of the molecule is Cc1ccc(C(N)CN2CCCC3CCCCC32)cc1. The van der Waals surface area contributed by atoms with Crippen LogP contribution < -0.4 is 5.73 Å². The van der Waals surface area contributed by atoms with E-state index in [4.69, 9.17) is 5.73 Å². The van der Waals surface area contributed by atoms with Gasteiger partial charge in [0.15, 0.2) is 0 Å². The van der Waals surface area contributed by atoms with Gasteiger partial charge in [0.05, 0.1) is 0 Å². The highest BCUT2D eigenvalue weighted by atomic mass is 15.2. The molecule has 0 amide bonds. The van der Waals surface area contributed by atoms with Crippen molar-refractivity contribution in [3.8, 4) is 0 Å². The van der Waals surface area contributed by atoms with Gasteiger partial charge in [0.1, 0.15) is 0 Å². The zero-order valence-electron chi connectivity index (χ0n) is 12.7. The molecule has 1 aliphatic heterocycles. The molecule has 1 aliphatic carbocycles. The summed E-state index contributed by atoms with van der Waals surface area (Å²) < 4.78 is 0. The Balaban J connectivity index is 1.65. The second kappa shape index (κ2) is 6.28. The van der Waals surface area contributed by atoms with Crippen LogP contribution in [0.4, 0.5) is 0 Å². The number of nitrogens with zero attached hydrogens (tertiary/aromatic N) is 1. The predicted octanol–water partition coefficient (Wildman–Crippen LogP) is 3.65. The number of nitrogens with two attached hydrogens (primary N) is 1. The van der Waals surface area contributed by atoms with E-state index in [9.17, 15) is 0 Å². The number of hydrogen-bond donors (Lipinski definition) is 1. The Kier molecular flexibility index (Phi) is 4.42. The molecule has 0 bridgehead atoms. The quantitative estimate of drug-likeness (QED) is 0.910. The van der Waals surface area contributed by atoms with Gasteiger partial charge in [0.25, 0.3) is 0 Å². The van der Waals surface area contributed by atoms with Crippen LogP contribution in [0.3, 0.4) is 0 Å². The Morgan fingerprint density at radius 2 is 1.80 bits per heavy atom. The molecule has 2 fully saturated rings. The van der Waals surface area contributed by atoms with Gasteiger partial charge in [-0.2, -0.15) is 0 Å². The number of benzene rings is 1. The molecule has 3 unspecified atom stereocenters. The lowest BCUT2D eigenvalue weighted by Gasteiger charge is -2.45. The Morgan fingerprint density at radius 3 is 2.60 bits per heavy atom. The van der Waals surface area contributed by atoms with Crippen molar-refractivity contribution in [3.05, 3.63) is 35.4 Å². The van der Waals surface area contributed by atoms with Gasteiger partial charge in [-0.15, -0.1) is 0 Å². The zero-order chi connectivity index (χ0) is 13.9. The standard InChI is InChI=1S/C18H28N2/c1-14-8-10-15(11-9-14)17(19)13-20-12-4-6-16-5-2-3-7-18(16)20/h8-11,16-18H,2-7,12-13,19H2,1H3. The first-order chi connectivity index (χ1) is 9.74. The van der Waals surface area contributed by atoms with E-state index in [2.05, 4.69) is 36.1 Å². The normalized spacial score (nSPS) is 28.9. The van der Waals surface area contributed by atoms with Crippen molar-refractivity contribution in [1.82, 2.24) is 4.90 Å². The van der Waals surface area contributed by atoms with E-state index in [1.165, 1.54) is 56.2 Å². The molecule has 2 aliphatic rings. The summed E-state index contributed by atoms with van der Waals surface area (Å²) in [6.45, 7) is 4.41. The Hall–Kier alpha value is -0.860. The molecular formula is C18H28N2. The van der Waals surface area contributed by atoms with Crippen LogP contribution in [0.1, 0.15) is 55.7 Å². The van der Waals surface area contributed by atoms with Crippen molar-refractivity contribution < 1.29 is 0 Å². The van der Waals surface area contributed by atoms with E-state index < -0.39 is 0 Å². The van der Waals surface area contributed by atoms with Crippen LogP contribution in [-0.4, -0.2) is 24.0 Å². The van der Waals surface area contributed by atoms with Crippen molar-refractivity contribution in [1.29, 1.82) is 0 Å². The summed E-state index contributed by atoms with van der Waals surface area (Å²) in [5.41, 5.74) is 9.05. The minimum Gasteiger partial charge on any atom is -0.323 e. The van der Waals surface area contributed by atoms with E-state index in [0.29, 0.717) is 0 Å². The summed E-state index contributed by atoms with van der Waals surface area (Å²) in [7, 11) is 0. The second-order valence-electron chi connectivity index (χ2n) is 6.77. The Bertz CT molecular complexity index is 424. The highest BCUT2D eigenvalue weighted by Gasteiger charge is 2.33. The molecule has 20 heavy (non-hydrogen) atoms. The lowest BCUT2D eigenvalue weighted by atomic mass is 9.78. The smallest absolute Gasteiger partial charge is 0.0424 e. The third-order valence-electron chi connectivity index (χ3n) is 5.29. The van der Waals surface area contributed by atoms with Crippen LogP contribution in [0.15, 0.2) is 24.3 Å². The molecular weight excluding hydrogens is 244 g/mol. The first-order valence-corrected chi connectivity index (χ1v) is 8.30. The number of fused-ring (bicyclic) bond motifs is 1. The third-order valence-corrected chi connectivity index (χ3v) is 5.29. The molecule has 2 nitrogen and oxygen atoms in total. The number of hydrogen-bond acceptors (Lipinski definition) is 2. The van der Waals surface area contributed by atoms with E-state index in [1.807, 2.05) is 0 Å². The maximum atomic E-state index is 6.46. The van der Waals surface area contributed by atoms with Gasteiger partial charge in [-0.05, 0) is 50.6 Å². The van der Waals surface area contributed by atoms with Crippen molar-refractivity contribution >= 4 is 0 Å². The molecule has 0 aromatic heterocycles. The molecule has 0 spiro atoms. The van der Waals surface area contributed by atoms with Gasteiger partial charge in [-0.25, -0.2) is 0 Å². The van der Waals surface area contributed by atoms with Crippen LogP contribution in [-0.2, 0) is 0 Å². The van der Waals surface area contributed by atoms with Gasteiger partial charge >= 0.3 is 0 Å². The largest absolute Gasteiger partial charge is 0.323 e. The predicted molar refractivity (Wildman–Crippen MR) is 84.7 cm³/mol. The lowest BCUT2D eigenvalue weighted by molar-refractivity contribution is 0.0561. The van der Waals surface area contributed by atoms with Gasteiger partial charge in [-0.3, -0.25) is 4.90 Å². The van der Waals surface area contributed by atoms with Crippen LogP contribution in [0.5, 0.6) is 0 Å². The molecule has 2 N–H and O–H groups in total. The average Bonchev–Trinajstić information content (AvgIpc) is 2.48. The minimum absolute atomic E-state index is 0.163. The summed E-state index contributed by atoms with van der Waals surface area (Å²) in [5.74, 6) is 0.947. The summed E-state index contributed by atoms with van der Waals surface area (Å²) in [4.78, 5) is 2.69. The molecule has 2 heteroatoms. The molecule has 1 saturated heterocycles. The van der Waals surface area contributed by atoms with Crippen molar-refractivity contribution in [2.24, 2.45) is 11.7 Å². The Labute approximate surface area is 123 Å². The molecule has 1 saturated carbocycles. The molecule has 3 rings (SSSR count). The monoisotopic (exact) mass is 272 g/mol. The summed E-state index contributed by atoms with van der Waals surface area (Å²) in [6, 6.07) is 9.72. The lowest BCUT2D eigenvalue weighted by Crippen LogP contribution is -2.49. The number of aryl methyl sites for hydroxylation is 1. The van der Waals surface area contributed by atoms with E-state index in [1.54, 1.807) is 0 Å². The van der Waals surface area contributed by atoms with Crippen molar-refractivity contribution in [2.75, 3.05) is 13.1 Å². The summed E-state index contributed by atoms with van der Waals surface area (Å²) >= 11 is 0. The van der Waals surface area contributed by atoms with Gasteiger partial charge in [0, 0.05) is 18.6 Å².